The van der Waals surface area contributed by atoms with Gasteiger partial charge in [0.2, 0.25) is 10.0 Å². The van der Waals surface area contributed by atoms with Gasteiger partial charge >= 0.3 is 0 Å². The topological polar surface area (TPSA) is 66.5 Å². The van der Waals surface area contributed by atoms with E-state index >= 15 is 0 Å². The Hall–Kier alpha value is -1.47. The Bertz CT molecular complexity index is 807. The Balaban J connectivity index is 1.39. The van der Waals surface area contributed by atoms with Crippen LogP contribution >= 0.6 is 0 Å². The predicted octanol–water partition coefficient (Wildman–Crippen LogP) is 2.78. The molecule has 1 saturated heterocycles. The number of hydrogen-bond donors (Lipinski definition) is 1. The van der Waals surface area contributed by atoms with Crippen molar-refractivity contribution in [3.05, 3.63) is 29.6 Å². The Labute approximate surface area is 154 Å². The second-order valence-electron chi connectivity index (χ2n) is 7.88. The fourth-order valence-electron chi connectivity index (χ4n) is 4.71. The monoisotopic (exact) mass is 380 g/mol. The minimum Gasteiger partial charge on any atom is -0.352 e. The van der Waals surface area contributed by atoms with E-state index in [4.69, 9.17) is 0 Å². The van der Waals surface area contributed by atoms with Crippen LogP contribution in [0.1, 0.15) is 48.9 Å². The van der Waals surface area contributed by atoms with Crippen molar-refractivity contribution >= 4 is 15.9 Å². The van der Waals surface area contributed by atoms with Crippen LogP contribution in [0.4, 0.5) is 4.39 Å². The van der Waals surface area contributed by atoms with Gasteiger partial charge in [-0.1, -0.05) is 6.42 Å². The van der Waals surface area contributed by atoms with Gasteiger partial charge in [-0.3, -0.25) is 4.79 Å². The lowest BCUT2D eigenvalue weighted by Crippen LogP contribution is -2.42. The lowest BCUT2D eigenvalue weighted by Gasteiger charge is -2.29. The third-order valence-electron chi connectivity index (χ3n) is 6.31. The summed E-state index contributed by atoms with van der Waals surface area (Å²) in [6.45, 7) is 1.39. The lowest BCUT2D eigenvalue weighted by atomic mass is 9.86. The molecule has 2 bridgehead atoms. The molecular weight excluding hydrogens is 355 g/mol. The zero-order valence-electron chi connectivity index (χ0n) is 14.8. The van der Waals surface area contributed by atoms with Gasteiger partial charge in [0.15, 0.2) is 0 Å². The molecule has 3 atom stereocenters. The summed E-state index contributed by atoms with van der Waals surface area (Å²) in [4.78, 5) is 12.0. The van der Waals surface area contributed by atoms with Crippen LogP contribution in [0, 0.1) is 23.6 Å². The van der Waals surface area contributed by atoms with E-state index in [1.807, 2.05) is 0 Å². The largest absolute Gasteiger partial charge is 0.352 e. The predicted molar refractivity (Wildman–Crippen MR) is 95.7 cm³/mol. The number of nitrogens with zero attached hydrogens (tertiary/aromatic N) is 1. The van der Waals surface area contributed by atoms with E-state index < -0.39 is 20.7 Å². The van der Waals surface area contributed by atoms with Gasteiger partial charge in [0.05, 0.1) is 0 Å². The lowest BCUT2D eigenvalue weighted by molar-refractivity contribution is 0.0949. The SMILES string of the molecule is O=C(NCC[C@@H]1C[C@H]2CC[C@H]1C2)c1ccc(F)c(S(=O)(=O)N2CCC2)c1. The minimum absolute atomic E-state index is 0.193. The van der Waals surface area contributed by atoms with Crippen LogP contribution in [0.3, 0.4) is 0 Å². The molecular formula is C19H25FN2O3S. The average Bonchev–Trinajstić information content (AvgIpc) is 3.15. The van der Waals surface area contributed by atoms with Crippen LogP contribution in [0.15, 0.2) is 23.1 Å². The maximum Gasteiger partial charge on any atom is 0.251 e. The summed E-state index contributed by atoms with van der Waals surface area (Å²) < 4.78 is 40.1. The first kappa shape index (κ1) is 17.9. The standard InChI is InChI=1S/C19H25FN2O3S/c20-17-5-4-16(12-18(17)26(24,25)22-8-1-9-22)19(23)21-7-6-15-11-13-2-3-14(15)10-13/h4-5,12-15H,1-3,6-11H2,(H,21,23)/t13-,14-,15+/m0/s1. The fraction of sp³-hybridized carbons (Fsp3) is 0.632. The maximum absolute atomic E-state index is 14.1. The van der Waals surface area contributed by atoms with E-state index in [0.29, 0.717) is 25.6 Å². The number of amides is 1. The molecule has 1 N–H and O–H groups in total. The first-order chi connectivity index (χ1) is 12.4. The fourth-order valence-corrected chi connectivity index (χ4v) is 6.32. The number of carbonyl (C=O) groups is 1. The maximum atomic E-state index is 14.1. The second kappa shape index (κ2) is 6.93. The number of carbonyl (C=O) groups excluding carboxylic acids is 1. The summed E-state index contributed by atoms with van der Waals surface area (Å²) in [6, 6.07) is 3.57. The molecule has 0 aromatic heterocycles. The van der Waals surface area contributed by atoms with E-state index in [2.05, 4.69) is 5.32 Å². The van der Waals surface area contributed by atoms with Crippen molar-refractivity contribution in [1.29, 1.82) is 0 Å². The summed E-state index contributed by atoms with van der Waals surface area (Å²) in [7, 11) is -3.85. The van der Waals surface area contributed by atoms with Crippen LogP contribution in [0.25, 0.3) is 0 Å². The molecule has 1 aromatic carbocycles. The molecule has 1 aromatic rings. The number of halogens is 1. The Kier molecular flexibility index (Phi) is 4.77. The van der Waals surface area contributed by atoms with Crippen molar-refractivity contribution in [2.24, 2.45) is 17.8 Å². The third kappa shape index (κ3) is 3.27. The van der Waals surface area contributed by atoms with Crippen LogP contribution in [-0.2, 0) is 10.0 Å². The highest BCUT2D eigenvalue weighted by atomic mass is 32.2. The van der Waals surface area contributed by atoms with Gasteiger partial charge in [0, 0.05) is 25.2 Å². The van der Waals surface area contributed by atoms with Gasteiger partial charge in [-0.15, -0.1) is 0 Å². The average molecular weight is 380 g/mol. The molecule has 4 rings (SSSR count). The molecule has 2 aliphatic carbocycles. The van der Waals surface area contributed by atoms with Crippen LogP contribution in [0.5, 0.6) is 0 Å². The molecule has 3 aliphatic rings. The molecule has 1 amide bonds. The Morgan fingerprint density at radius 2 is 2.04 bits per heavy atom. The van der Waals surface area contributed by atoms with Crippen molar-refractivity contribution in [1.82, 2.24) is 9.62 Å². The molecule has 7 heteroatoms. The number of benzene rings is 1. The second-order valence-corrected chi connectivity index (χ2v) is 9.79. The van der Waals surface area contributed by atoms with Gasteiger partial charge in [-0.25, -0.2) is 12.8 Å². The molecule has 2 saturated carbocycles. The summed E-state index contributed by atoms with van der Waals surface area (Å²) in [5.74, 6) is 1.25. The first-order valence-corrected chi connectivity index (χ1v) is 11.0. The van der Waals surface area contributed by atoms with Crippen LogP contribution in [-0.4, -0.2) is 38.3 Å². The summed E-state index contributed by atoms with van der Waals surface area (Å²) in [5.41, 5.74) is 0.193. The van der Waals surface area contributed by atoms with Crippen molar-refractivity contribution in [3.8, 4) is 0 Å². The zero-order chi connectivity index (χ0) is 18.3. The molecule has 1 aliphatic heterocycles. The smallest absolute Gasteiger partial charge is 0.251 e. The van der Waals surface area contributed by atoms with E-state index in [0.717, 1.165) is 36.8 Å². The van der Waals surface area contributed by atoms with E-state index in [1.165, 1.54) is 36.1 Å². The molecule has 3 fully saturated rings. The van der Waals surface area contributed by atoms with Crippen molar-refractivity contribution in [2.75, 3.05) is 19.6 Å². The Morgan fingerprint density at radius 1 is 1.23 bits per heavy atom. The van der Waals surface area contributed by atoms with Crippen molar-refractivity contribution in [2.45, 2.75) is 43.4 Å². The number of rotatable bonds is 6. The van der Waals surface area contributed by atoms with E-state index in [1.54, 1.807) is 0 Å². The molecule has 0 spiro atoms. The normalized spacial score (nSPS) is 28.1. The van der Waals surface area contributed by atoms with Gasteiger partial charge in [-0.05, 0) is 68.1 Å². The minimum atomic E-state index is -3.85. The van der Waals surface area contributed by atoms with Gasteiger partial charge in [-0.2, -0.15) is 4.31 Å². The summed E-state index contributed by atoms with van der Waals surface area (Å²) in [6.07, 6.45) is 7.04. The number of sulfonamides is 1. The van der Waals surface area contributed by atoms with Crippen LogP contribution in [0.2, 0.25) is 0 Å². The zero-order valence-corrected chi connectivity index (χ0v) is 15.6. The number of hydrogen-bond acceptors (Lipinski definition) is 3. The van der Waals surface area contributed by atoms with Crippen molar-refractivity contribution in [3.63, 3.8) is 0 Å². The quantitative estimate of drug-likeness (QED) is 0.825. The van der Waals surface area contributed by atoms with Gasteiger partial charge in [0.1, 0.15) is 10.7 Å². The number of fused-ring (bicyclic) bond motifs is 2. The number of nitrogens with one attached hydrogen (secondary N) is 1. The van der Waals surface area contributed by atoms with Crippen molar-refractivity contribution < 1.29 is 17.6 Å². The van der Waals surface area contributed by atoms with E-state index in [-0.39, 0.29) is 11.5 Å². The van der Waals surface area contributed by atoms with Crippen LogP contribution < -0.4 is 5.32 Å². The third-order valence-corrected chi connectivity index (χ3v) is 8.23. The molecule has 5 nitrogen and oxygen atoms in total. The molecule has 26 heavy (non-hydrogen) atoms. The van der Waals surface area contributed by atoms with E-state index in [9.17, 15) is 17.6 Å². The summed E-state index contributed by atoms with van der Waals surface area (Å²) in [5, 5.41) is 2.87. The highest BCUT2D eigenvalue weighted by molar-refractivity contribution is 7.89. The summed E-state index contributed by atoms with van der Waals surface area (Å²) >= 11 is 0. The van der Waals surface area contributed by atoms with Gasteiger partial charge < -0.3 is 5.32 Å². The van der Waals surface area contributed by atoms with Gasteiger partial charge in [0.25, 0.3) is 5.91 Å². The molecule has 1 heterocycles. The Morgan fingerprint density at radius 3 is 2.65 bits per heavy atom. The highest BCUT2D eigenvalue weighted by Gasteiger charge is 2.39. The molecule has 0 unspecified atom stereocenters. The first-order valence-electron chi connectivity index (χ1n) is 9.53. The highest BCUT2D eigenvalue weighted by Crippen LogP contribution is 2.49. The molecule has 142 valence electrons. The molecule has 0 radical (unpaired) electrons.